The van der Waals surface area contributed by atoms with Crippen molar-refractivity contribution in [3.63, 3.8) is 0 Å². The summed E-state index contributed by atoms with van der Waals surface area (Å²) < 4.78 is 6.01. The fourth-order valence-corrected chi connectivity index (χ4v) is 2.14. The Morgan fingerprint density at radius 1 is 0.846 bits per heavy atom. The average Bonchev–Trinajstić information content (AvgIpc) is 2.21. The van der Waals surface area contributed by atoms with Gasteiger partial charge in [-0.3, -0.25) is 0 Å². The number of ether oxygens (including phenoxy) is 1. The molecule has 13 heavy (non-hydrogen) atoms. The highest BCUT2D eigenvalue weighted by Gasteiger charge is 2.20. The Hall–Kier alpha value is -0.120. The molecule has 0 spiro atoms. The van der Waals surface area contributed by atoms with E-state index >= 15 is 0 Å². The van der Waals surface area contributed by atoms with Crippen LogP contribution in [0.3, 0.4) is 0 Å². The molecule has 76 valence electrons. The van der Waals surface area contributed by atoms with Gasteiger partial charge in [-0.15, -0.1) is 0 Å². The molecule has 0 bridgehead atoms. The maximum atomic E-state index is 6.01. The van der Waals surface area contributed by atoms with Crippen molar-refractivity contribution >= 4 is 0 Å². The van der Waals surface area contributed by atoms with E-state index in [1.165, 1.54) is 38.8 Å². The minimum absolute atomic E-state index is 0.471. The highest BCUT2D eigenvalue weighted by Crippen LogP contribution is 2.13. The molecular formula is C10H20N2O. The van der Waals surface area contributed by atoms with Crippen LogP contribution in [0.2, 0.25) is 0 Å². The van der Waals surface area contributed by atoms with Crippen molar-refractivity contribution in [2.45, 2.75) is 37.9 Å². The van der Waals surface area contributed by atoms with E-state index in [0.29, 0.717) is 12.2 Å². The predicted octanol–water partition coefficient (Wildman–Crippen LogP) is 0.507. The first-order chi connectivity index (χ1) is 6.45. The molecule has 3 nitrogen and oxygen atoms in total. The molecule has 3 heteroatoms. The lowest BCUT2D eigenvalue weighted by Gasteiger charge is -2.30. The fraction of sp³-hybridized carbons (Fsp3) is 1.00. The molecule has 2 N–H and O–H groups in total. The van der Waals surface area contributed by atoms with Crippen LogP contribution in [0, 0.1) is 0 Å². The smallest absolute Gasteiger partial charge is 0.0704 e. The Balaban J connectivity index is 1.69. The third-order valence-corrected chi connectivity index (χ3v) is 2.89. The zero-order valence-corrected chi connectivity index (χ0v) is 8.22. The standard InChI is InChI=1S/C10H20N2O/c1-3-9(7-11-5-1)13-10-4-2-6-12-8-10/h9-12H,1-8H2/t9-,10-/m1/s1. The first kappa shape index (κ1) is 9.44. The van der Waals surface area contributed by atoms with Crippen molar-refractivity contribution in [2.24, 2.45) is 0 Å². The highest BCUT2D eigenvalue weighted by molar-refractivity contribution is 4.74. The molecular weight excluding hydrogens is 164 g/mol. The SMILES string of the molecule is C1CNC[C@H](O[C@@H]2CCCNC2)C1. The molecule has 2 aliphatic heterocycles. The molecule has 2 heterocycles. The predicted molar refractivity (Wildman–Crippen MR) is 52.9 cm³/mol. The zero-order valence-electron chi connectivity index (χ0n) is 8.22. The third-order valence-electron chi connectivity index (χ3n) is 2.89. The summed E-state index contributed by atoms with van der Waals surface area (Å²) in [4.78, 5) is 0. The molecule has 0 aromatic heterocycles. The van der Waals surface area contributed by atoms with Gasteiger partial charge in [0, 0.05) is 13.1 Å². The van der Waals surface area contributed by atoms with Crippen molar-refractivity contribution < 1.29 is 4.74 Å². The third kappa shape index (κ3) is 2.93. The van der Waals surface area contributed by atoms with Crippen molar-refractivity contribution in [1.82, 2.24) is 10.6 Å². The van der Waals surface area contributed by atoms with Gasteiger partial charge in [-0.05, 0) is 38.8 Å². The van der Waals surface area contributed by atoms with E-state index in [0.717, 1.165) is 13.1 Å². The molecule has 0 amide bonds. The molecule has 2 fully saturated rings. The van der Waals surface area contributed by atoms with E-state index in [9.17, 15) is 0 Å². The minimum atomic E-state index is 0.471. The molecule has 0 aliphatic carbocycles. The Kier molecular flexibility index (Phi) is 3.58. The fourth-order valence-electron chi connectivity index (χ4n) is 2.14. The van der Waals surface area contributed by atoms with Crippen LogP contribution in [0.15, 0.2) is 0 Å². The molecule has 0 radical (unpaired) electrons. The topological polar surface area (TPSA) is 33.3 Å². The first-order valence-electron chi connectivity index (χ1n) is 5.52. The second kappa shape index (κ2) is 4.94. The summed E-state index contributed by atoms with van der Waals surface area (Å²) in [5.41, 5.74) is 0. The van der Waals surface area contributed by atoms with Gasteiger partial charge in [0.25, 0.3) is 0 Å². The number of piperidine rings is 2. The van der Waals surface area contributed by atoms with E-state index in [1.807, 2.05) is 0 Å². The van der Waals surface area contributed by atoms with Gasteiger partial charge in [0.15, 0.2) is 0 Å². The average molecular weight is 184 g/mol. The van der Waals surface area contributed by atoms with Gasteiger partial charge < -0.3 is 15.4 Å². The van der Waals surface area contributed by atoms with Gasteiger partial charge in [0.2, 0.25) is 0 Å². The summed E-state index contributed by atoms with van der Waals surface area (Å²) >= 11 is 0. The second-order valence-corrected chi connectivity index (χ2v) is 4.07. The van der Waals surface area contributed by atoms with Crippen LogP contribution in [0.1, 0.15) is 25.7 Å². The number of hydrogen-bond donors (Lipinski definition) is 2. The quantitative estimate of drug-likeness (QED) is 0.656. The molecule has 2 atom stereocenters. The Bertz CT molecular complexity index is 124. The minimum Gasteiger partial charge on any atom is -0.372 e. The van der Waals surface area contributed by atoms with Crippen LogP contribution in [-0.2, 0) is 4.74 Å². The van der Waals surface area contributed by atoms with Crippen molar-refractivity contribution in [2.75, 3.05) is 26.2 Å². The van der Waals surface area contributed by atoms with Crippen LogP contribution in [0.4, 0.5) is 0 Å². The Morgan fingerprint density at radius 3 is 1.77 bits per heavy atom. The van der Waals surface area contributed by atoms with Crippen LogP contribution < -0.4 is 10.6 Å². The summed E-state index contributed by atoms with van der Waals surface area (Å²) in [7, 11) is 0. The van der Waals surface area contributed by atoms with Crippen molar-refractivity contribution in [1.29, 1.82) is 0 Å². The molecule has 2 aliphatic rings. The normalized spacial score (nSPS) is 36.0. The van der Waals surface area contributed by atoms with Crippen molar-refractivity contribution in [3.8, 4) is 0 Å². The summed E-state index contributed by atoms with van der Waals surface area (Å²) in [5.74, 6) is 0. The zero-order chi connectivity index (χ0) is 8.93. The van der Waals surface area contributed by atoms with Gasteiger partial charge in [-0.25, -0.2) is 0 Å². The van der Waals surface area contributed by atoms with E-state index in [4.69, 9.17) is 4.74 Å². The number of nitrogens with one attached hydrogen (secondary N) is 2. The maximum Gasteiger partial charge on any atom is 0.0704 e. The number of hydrogen-bond acceptors (Lipinski definition) is 3. The van der Waals surface area contributed by atoms with Crippen LogP contribution >= 0.6 is 0 Å². The molecule has 0 aromatic rings. The maximum absolute atomic E-state index is 6.01. The molecule has 0 unspecified atom stereocenters. The van der Waals surface area contributed by atoms with Gasteiger partial charge in [-0.1, -0.05) is 0 Å². The van der Waals surface area contributed by atoms with Crippen molar-refractivity contribution in [3.05, 3.63) is 0 Å². The summed E-state index contributed by atoms with van der Waals surface area (Å²) in [6.07, 6.45) is 5.96. The Labute approximate surface area is 80.2 Å². The lowest BCUT2D eigenvalue weighted by atomic mass is 10.1. The second-order valence-electron chi connectivity index (χ2n) is 4.07. The Morgan fingerprint density at radius 2 is 1.38 bits per heavy atom. The molecule has 0 saturated carbocycles. The van der Waals surface area contributed by atoms with Gasteiger partial charge >= 0.3 is 0 Å². The van der Waals surface area contributed by atoms with Gasteiger partial charge in [-0.2, -0.15) is 0 Å². The summed E-state index contributed by atoms with van der Waals surface area (Å²) in [5, 5.41) is 6.76. The lowest BCUT2D eigenvalue weighted by Crippen LogP contribution is -2.42. The lowest BCUT2D eigenvalue weighted by molar-refractivity contribution is -0.0323. The molecule has 0 aromatic carbocycles. The van der Waals surface area contributed by atoms with E-state index < -0.39 is 0 Å². The van der Waals surface area contributed by atoms with E-state index in [1.54, 1.807) is 0 Å². The van der Waals surface area contributed by atoms with Crippen LogP contribution in [0.5, 0.6) is 0 Å². The number of rotatable bonds is 2. The van der Waals surface area contributed by atoms with E-state index in [-0.39, 0.29) is 0 Å². The highest BCUT2D eigenvalue weighted by atomic mass is 16.5. The van der Waals surface area contributed by atoms with Crippen LogP contribution in [0.25, 0.3) is 0 Å². The molecule has 2 rings (SSSR count). The molecule has 2 saturated heterocycles. The van der Waals surface area contributed by atoms with Gasteiger partial charge in [0.05, 0.1) is 12.2 Å². The van der Waals surface area contributed by atoms with Gasteiger partial charge in [0.1, 0.15) is 0 Å². The van der Waals surface area contributed by atoms with Crippen LogP contribution in [-0.4, -0.2) is 38.4 Å². The summed E-state index contributed by atoms with van der Waals surface area (Å²) in [6.45, 7) is 4.44. The monoisotopic (exact) mass is 184 g/mol. The summed E-state index contributed by atoms with van der Waals surface area (Å²) in [6, 6.07) is 0. The largest absolute Gasteiger partial charge is 0.372 e. The van der Waals surface area contributed by atoms with E-state index in [2.05, 4.69) is 10.6 Å². The first-order valence-corrected chi connectivity index (χ1v) is 5.52.